The minimum Gasteiger partial charge on any atom is -0.328 e. The Balaban J connectivity index is 0.000000125. The lowest BCUT2D eigenvalue weighted by Gasteiger charge is -2.15. The Labute approximate surface area is 111 Å². The number of fused-ring (bicyclic) bond motifs is 2. The van der Waals surface area contributed by atoms with Crippen LogP contribution in [0.3, 0.4) is 0 Å². The summed E-state index contributed by atoms with van der Waals surface area (Å²) in [5.74, 6) is 0. The molecule has 2 saturated carbocycles. The molecular formula is C17H25N. The van der Waals surface area contributed by atoms with Crippen LogP contribution in [0.2, 0.25) is 0 Å². The molecule has 1 aromatic carbocycles. The van der Waals surface area contributed by atoms with Crippen LogP contribution in [0.25, 0.3) is 0 Å². The third kappa shape index (κ3) is 2.47. The summed E-state index contributed by atoms with van der Waals surface area (Å²) in [5, 5.41) is 0. The van der Waals surface area contributed by atoms with Crippen LogP contribution in [-0.2, 0) is 11.8 Å². The maximum absolute atomic E-state index is 5.63. The van der Waals surface area contributed by atoms with Gasteiger partial charge in [-0.25, -0.2) is 0 Å². The van der Waals surface area contributed by atoms with Crippen LogP contribution in [0.1, 0.15) is 62.5 Å². The molecule has 2 fully saturated rings. The van der Waals surface area contributed by atoms with Crippen molar-refractivity contribution in [1.29, 1.82) is 0 Å². The van der Waals surface area contributed by atoms with Crippen LogP contribution < -0.4 is 5.73 Å². The summed E-state index contributed by atoms with van der Waals surface area (Å²) >= 11 is 0. The fourth-order valence-corrected chi connectivity index (χ4v) is 3.57. The van der Waals surface area contributed by atoms with Gasteiger partial charge in [-0.15, -0.1) is 0 Å². The quantitative estimate of drug-likeness (QED) is 0.734. The van der Waals surface area contributed by atoms with Gasteiger partial charge >= 0.3 is 0 Å². The molecule has 0 aromatic heterocycles. The first kappa shape index (κ1) is 12.2. The van der Waals surface area contributed by atoms with E-state index in [9.17, 15) is 0 Å². The second-order valence-corrected chi connectivity index (χ2v) is 6.34. The molecule has 3 aliphatic carbocycles. The summed E-state index contributed by atoms with van der Waals surface area (Å²) in [6.45, 7) is 0. The lowest BCUT2D eigenvalue weighted by Crippen LogP contribution is -2.22. The zero-order valence-electron chi connectivity index (χ0n) is 11.3. The van der Waals surface area contributed by atoms with Crippen molar-refractivity contribution in [2.75, 3.05) is 0 Å². The minimum absolute atomic E-state index is 0.536. The molecule has 0 radical (unpaired) electrons. The van der Waals surface area contributed by atoms with E-state index in [1.165, 1.54) is 57.8 Å². The van der Waals surface area contributed by atoms with Gasteiger partial charge in [-0.2, -0.15) is 0 Å². The third-order valence-electron chi connectivity index (χ3n) is 4.96. The Morgan fingerprint density at radius 1 is 0.944 bits per heavy atom. The standard InChI is InChI=1S/C11H12.C6H13N/c1-2-4-10-9(3-1)5-6-11(10)7-8-11;7-6-4-2-1-3-5-6/h1-4H,5-8H2;6H,1-5,7H2. The number of hydrogen-bond acceptors (Lipinski definition) is 1. The average Bonchev–Trinajstić information content (AvgIpc) is 3.10. The van der Waals surface area contributed by atoms with E-state index in [4.69, 9.17) is 5.73 Å². The Morgan fingerprint density at radius 3 is 2.28 bits per heavy atom. The van der Waals surface area contributed by atoms with Crippen molar-refractivity contribution in [3.63, 3.8) is 0 Å². The van der Waals surface area contributed by atoms with E-state index < -0.39 is 0 Å². The van der Waals surface area contributed by atoms with Gasteiger partial charge in [-0.3, -0.25) is 0 Å². The summed E-state index contributed by atoms with van der Waals surface area (Å²) in [6, 6.07) is 9.51. The molecule has 1 nitrogen and oxygen atoms in total. The molecule has 0 aliphatic heterocycles. The molecule has 0 atom stereocenters. The van der Waals surface area contributed by atoms with E-state index in [-0.39, 0.29) is 0 Å². The normalized spacial score (nSPS) is 24.3. The topological polar surface area (TPSA) is 26.0 Å². The van der Waals surface area contributed by atoms with Gasteiger partial charge < -0.3 is 5.73 Å². The molecule has 0 saturated heterocycles. The number of nitrogens with two attached hydrogens (primary N) is 1. The van der Waals surface area contributed by atoms with Gasteiger partial charge in [0, 0.05) is 6.04 Å². The van der Waals surface area contributed by atoms with Gasteiger partial charge in [-0.05, 0) is 55.1 Å². The first-order valence-corrected chi connectivity index (χ1v) is 7.64. The van der Waals surface area contributed by atoms with E-state index in [1.54, 1.807) is 11.1 Å². The van der Waals surface area contributed by atoms with E-state index in [0.717, 1.165) is 0 Å². The summed E-state index contributed by atoms with van der Waals surface area (Å²) in [5.41, 5.74) is 9.59. The van der Waals surface area contributed by atoms with E-state index in [2.05, 4.69) is 24.3 Å². The summed E-state index contributed by atoms with van der Waals surface area (Å²) < 4.78 is 0. The number of rotatable bonds is 0. The Kier molecular flexibility index (Phi) is 3.43. The molecule has 1 heteroatoms. The predicted octanol–water partition coefficient (Wildman–Crippen LogP) is 3.94. The molecule has 0 bridgehead atoms. The summed E-state index contributed by atoms with van der Waals surface area (Å²) in [4.78, 5) is 0. The Morgan fingerprint density at radius 2 is 1.67 bits per heavy atom. The van der Waals surface area contributed by atoms with Crippen LogP contribution in [0.15, 0.2) is 24.3 Å². The van der Waals surface area contributed by atoms with Crippen LogP contribution >= 0.6 is 0 Å². The van der Waals surface area contributed by atoms with Crippen LogP contribution in [0.4, 0.5) is 0 Å². The number of aryl methyl sites for hydroxylation is 1. The van der Waals surface area contributed by atoms with Crippen LogP contribution in [-0.4, -0.2) is 6.04 Å². The molecule has 0 heterocycles. The smallest absolute Gasteiger partial charge is 0.00388 e. The molecule has 4 rings (SSSR count). The van der Waals surface area contributed by atoms with E-state index in [1.807, 2.05) is 0 Å². The molecule has 3 aliphatic rings. The molecule has 2 N–H and O–H groups in total. The Hall–Kier alpha value is -0.820. The lowest BCUT2D eigenvalue weighted by molar-refractivity contribution is 0.441. The van der Waals surface area contributed by atoms with Gasteiger partial charge in [-0.1, -0.05) is 43.5 Å². The lowest BCUT2D eigenvalue weighted by atomic mass is 9.97. The molecule has 0 unspecified atom stereocenters. The molecular weight excluding hydrogens is 218 g/mol. The molecule has 1 aromatic rings. The maximum atomic E-state index is 5.63. The minimum atomic E-state index is 0.536. The highest BCUT2D eigenvalue weighted by Crippen LogP contribution is 2.56. The first-order chi connectivity index (χ1) is 8.80. The fraction of sp³-hybridized carbons (Fsp3) is 0.647. The van der Waals surface area contributed by atoms with Gasteiger partial charge in [0.1, 0.15) is 0 Å². The van der Waals surface area contributed by atoms with Crippen molar-refractivity contribution < 1.29 is 0 Å². The second-order valence-electron chi connectivity index (χ2n) is 6.34. The van der Waals surface area contributed by atoms with Crippen LogP contribution in [0.5, 0.6) is 0 Å². The van der Waals surface area contributed by atoms with E-state index >= 15 is 0 Å². The van der Waals surface area contributed by atoms with Crippen molar-refractivity contribution in [1.82, 2.24) is 0 Å². The van der Waals surface area contributed by atoms with Crippen molar-refractivity contribution in [2.24, 2.45) is 5.73 Å². The van der Waals surface area contributed by atoms with Crippen molar-refractivity contribution in [3.8, 4) is 0 Å². The molecule has 1 spiro atoms. The average molecular weight is 243 g/mol. The second kappa shape index (κ2) is 5.05. The molecule has 0 amide bonds. The SMILES string of the molecule is NC1CCCCC1.c1ccc2c(c1)CCC21CC1. The zero-order chi connectivity index (χ0) is 12.4. The molecule has 98 valence electrons. The fourth-order valence-electron chi connectivity index (χ4n) is 3.57. The first-order valence-electron chi connectivity index (χ1n) is 7.64. The van der Waals surface area contributed by atoms with Gasteiger partial charge in [0.2, 0.25) is 0 Å². The zero-order valence-corrected chi connectivity index (χ0v) is 11.3. The highest BCUT2D eigenvalue weighted by Gasteiger charge is 2.47. The Bertz CT molecular complexity index is 400. The van der Waals surface area contributed by atoms with Crippen molar-refractivity contribution in [2.45, 2.75) is 69.2 Å². The van der Waals surface area contributed by atoms with Crippen molar-refractivity contribution in [3.05, 3.63) is 35.4 Å². The summed E-state index contributed by atoms with van der Waals surface area (Å²) in [6.07, 6.45) is 12.3. The van der Waals surface area contributed by atoms with E-state index in [0.29, 0.717) is 11.5 Å². The highest BCUT2D eigenvalue weighted by molar-refractivity contribution is 5.43. The van der Waals surface area contributed by atoms with Gasteiger partial charge in [0.25, 0.3) is 0 Å². The number of hydrogen-bond donors (Lipinski definition) is 1. The monoisotopic (exact) mass is 243 g/mol. The highest BCUT2D eigenvalue weighted by atomic mass is 14.6. The molecule has 18 heavy (non-hydrogen) atoms. The van der Waals surface area contributed by atoms with Gasteiger partial charge in [0.15, 0.2) is 0 Å². The van der Waals surface area contributed by atoms with Crippen molar-refractivity contribution >= 4 is 0 Å². The summed E-state index contributed by atoms with van der Waals surface area (Å²) in [7, 11) is 0. The maximum Gasteiger partial charge on any atom is 0.00388 e. The van der Waals surface area contributed by atoms with Crippen LogP contribution in [0, 0.1) is 0 Å². The van der Waals surface area contributed by atoms with Gasteiger partial charge in [0.05, 0.1) is 0 Å². The third-order valence-corrected chi connectivity index (χ3v) is 4.96. The largest absolute Gasteiger partial charge is 0.328 e. The predicted molar refractivity (Wildman–Crippen MR) is 76.7 cm³/mol. The number of benzene rings is 1.